The number of amides is 1. The predicted octanol–water partition coefficient (Wildman–Crippen LogP) is 8.03. The number of fused-ring (bicyclic) bond motifs is 1. The van der Waals surface area contributed by atoms with Crippen LogP contribution in [0.25, 0.3) is 11.2 Å². The molecule has 1 aliphatic heterocycles. The summed E-state index contributed by atoms with van der Waals surface area (Å²) < 4.78 is 60.5. The minimum atomic E-state index is -2.55. The third-order valence-corrected chi connectivity index (χ3v) is 13.0. The molecule has 0 bridgehead atoms. The van der Waals surface area contributed by atoms with Crippen LogP contribution < -0.4 is 20.3 Å². The summed E-state index contributed by atoms with van der Waals surface area (Å²) in [4.78, 5) is 37.4. The van der Waals surface area contributed by atoms with Crippen molar-refractivity contribution in [1.29, 1.82) is 5.26 Å². The molecule has 1 aliphatic rings. The number of aromatic amines is 1. The zero-order valence-corrected chi connectivity index (χ0v) is 38.2. The van der Waals surface area contributed by atoms with Crippen LogP contribution in [0.3, 0.4) is 0 Å². The van der Waals surface area contributed by atoms with Crippen molar-refractivity contribution < 1.29 is 37.2 Å². The van der Waals surface area contributed by atoms with Crippen molar-refractivity contribution in [3.63, 3.8) is 0 Å². The highest BCUT2D eigenvalue weighted by Crippen LogP contribution is 2.55. The lowest BCUT2D eigenvalue weighted by molar-refractivity contribution is -0.118. The molecular weight excluding hydrogens is 841 g/mol. The number of hydrogen-bond acceptors (Lipinski definition) is 12. The fourth-order valence-electron chi connectivity index (χ4n) is 7.81. The van der Waals surface area contributed by atoms with Crippen molar-refractivity contribution in [2.24, 2.45) is 5.92 Å². The first-order valence-corrected chi connectivity index (χ1v) is 22.1. The normalized spacial score (nSPS) is 19.3. The molecule has 1 unspecified atom stereocenters. The molecule has 3 aromatic carbocycles. The molecule has 2 N–H and O–H groups in total. The van der Waals surface area contributed by atoms with E-state index in [0.29, 0.717) is 11.5 Å². The zero-order chi connectivity index (χ0) is 46.2. The number of imidazole rings is 1. The van der Waals surface area contributed by atoms with E-state index in [1.54, 1.807) is 28.1 Å². The van der Waals surface area contributed by atoms with Gasteiger partial charge in [0, 0.05) is 18.0 Å². The van der Waals surface area contributed by atoms with Gasteiger partial charge in [-0.1, -0.05) is 68.4 Å². The summed E-state index contributed by atoms with van der Waals surface area (Å²) in [7, 11) is 1.10. The molecule has 338 valence electrons. The van der Waals surface area contributed by atoms with E-state index in [2.05, 4.69) is 32.3 Å². The van der Waals surface area contributed by atoms with E-state index in [4.69, 9.17) is 34.4 Å². The summed E-state index contributed by atoms with van der Waals surface area (Å²) in [5.41, 5.74) is -2.55. The first-order chi connectivity index (χ1) is 30.7. The molecule has 0 aliphatic carbocycles. The molecule has 6 rings (SSSR count). The van der Waals surface area contributed by atoms with E-state index in [9.17, 15) is 14.9 Å². The summed E-state index contributed by atoms with van der Waals surface area (Å²) in [5.74, 6) is 2.77. The monoisotopic (exact) mass is 895 g/mol. The number of ether oxygens (including phenoxy) is 4. The molecule has 0 radical (unpaired) electrons. The number of terminal acetylenes is 1. The number of nitrogens with zero attached hydrogens (tertiary/aromatic N) is 5. The summed E-state index contributed by atoms with van der Waals surface area (Å²) in [5, 5.41) is 12.1. The number of anilines is 1. The molecule has 17 heteroatoms. The number of halogens is 1. The maximum atomic E-state index is 18.8. The Morgan fingerprint density at radius 1 is 1.00 bits per heavy atom. The lowest BCUT2D eigenvalue weighted by Gasteiger charge is -2.40. The van der Waals surface area contributed by atoms with Crippen LogP contribution in [-0.2, 0) is 28.9 Å². The second-order valence-corrected chi connectivity index (χ2v) is 17.5. The molecule has 1 amide bonds. The zero-order valence-electron chi connectivity index (χ0n) is 37.3. The number of nitrogens with one attached hydrogen (secondary N) is 2. The minimum absolute atomic E-state index is 0.0144. The van der Waals surface area contributed by atoms with Gasteiger partial charge >= 0.3 is 0 Å². The molecule has 1 fully saturated rings. The number of nitriles is 1. The third kappa shape index (κ3) is 9.83. The Bertz CT molecular complexity index is 2430. The summed E-state index contributed by atoms with van der Waals surface area (Å²) in [6.07, 6.45) is 2.50. The lowest BCUT2D eigenvalue weighted by atomic mass is 9.80. The van der Waals surface area contributed by atoms with Gasteiger partial charge < -0.3 is 28.0 Å². The molecule has 5 atom stereocenters. The molecule has 3 heterocycles. The van der Waals surface area contributed by atoms with Crippen molar-refractivity contribution in [1.82, 2.24) is 24.2 Å². The molecule has 15 nitrogen and oxygen atoms in total. The van der Waals surface area contributed by atoms with Gasteiger partial charge in [-0.3, -0.25) is 24.5 Å². The van der Waals surface area contributed by atoms with Gasteiger partial charge in [0.1, 0.15) is 29.3 Å². The van der Waals surface area contributed by atoms with Crippen molar-refractivity contribution in [2.45, 2.75) is 96.2 Å². The number of methoxy groups -OCH3 is 2. The molecule has 5 aromatic rings. The highest BCUT2D eigenvalue weighted by molar-refractivity contribution is 7.44. The number of rotatable bonds is 20. The maximum absolute atomic E-state index is 18.8. The first kappa shape index (κ1) is 47.8. The molecule has 2 aromatic heterocycles. The Hall–Kier alpha value is -5.71. The van der Waals surface area contributed by atoms with E-state index >= 15 is 4.39 Å². The Kier molecular flexibility index (Phi) is 15.6. The average molecular weight is 896 g/mol. The van der Waals surface area contributed by atoms with Crippen LogP contribution in [0, 0.1) is 29.6 Å². The number of aromatic nitrogens is 4. The van der Waals surface area contributed by atoms with Crippen molar-refractivity contribution in [2.75, 3.05) is 32.8 Å². The highest BCUT2D eigenvalue weighted by atomic mass is 31.2. The Balaban J connectivity index is 1.55. The number of carbonyl (C=O) groups excluding carboxylic acids is 1. The van der Waals surface area contributed by atoms with Crippen LogP contribution in [0.2, 0.25) is 0 Å². The summed E-state index contributed by atoms with van der Waals surface area (Å²) >= 11 is 0. The molecular formula is C47H55FN7O8P. The van der Waals surface area contributed by atoms with E-state index in [1.165, 1.54) is 10.9 Å². The van der Waals surface area contributed by atoms with E-state index < -0.39 is 62.0 Å². The van der Waals surface area contributed by atoms with Crippen molar-refractivity contribution >= 4 is 31.5 Å². The smallest absolute Gasteiger partial charge is 0.280 e. The highest BCUT2D eigenvalue weighted by Gasteiger charge is 2.61. The second kappa shape index (κ2) is 20.9. The second-order valence-electron chi connectivity index (χ2n) is 16.1. The molecule has 0 spiro atoms. The molecule has 0 saturated carbocycles. The van der Waals surface area contributed by atoms with Gasteiger partial charge in [-0.2, -0.15) is 10.2 Å². The summed E-state index contributed by atoms with van der Waals surface area (Å²) in [6, 6.07) is 26.4. The number of H-pyrrole nitrogens is 1. The number of benzene rings is 3. The van der Waals surface area contributed by atoms with Gasteiger partial charge in [-0.05, 0) is 68.7 Å². The maximum Gasteiger partial charge on any atom is 0.280 e. The van der Waals surface area contributed by atoms with Crippen LogP contribution >= 0.6 is 8.53 Å². The lowest BCUT2D eigenvalue weighted by Crippen LogP contribution is -2.47. The largest absolute Gasteiger partial charge is 0.497 e. The predicted molar refractivity (Wildman–Crippen MR) is 241 cm³/mol. The topological polar surface area (TPSA) is 175 Å². The van der Waals surface area contributed by atoms with Gasteiger partial charge in [0.25, 0.3) is 14.1 Å². The number of hydrogen-bond donors (Lipinski definition) is 2. The quantitative estimate of drug-likeness (QED) is 0.0334. The molecule has 64 heavy (non-hydrogen) atoms. The van der Waals surface area contributed by atoms with Crippen LogP contribution in [-0.4, -0.2) is 87.5 Å². The average Bonchev–Trinajstić information content (AvgIpc) is 3.82. The van der Waals surface area contributed by atoms with E-state index in [1.807, 2.05) is 111 Å². The SMILES string of the molecule is C#CC[C@@]1(F)[C@H](OP(OCCC#N)N(C(C)C)C(C)C)[C@@H](COC(c2ccccc2)(c2ccc(OC)cc2)c2ccc(OC)cc2)O[C@H]1n1cnc2c(=O)[nH]c(NC(=O)C(C)C)nc21. The van der Waals surface area contributed by atoms with Crippen LogP contribution in [0.4, 0.5) is 10.3 Å². The third-order valence-electron chi connectivity index (χ3n) is 10.9. The van der Waals surface area contributed by atoms with Gasteiger partial charge in [0.05, 0.1) is 52.7 Å². The van der Waals surface area contributed by atoms with Gasteiger partial charge in [0.2, 0.25) is 11.9 Å². The Morgan fingerprint density at radius 2 is 1.59 bits per heavy atom. The van der Waals surface area contributed by atoms with Crippen LogP contribution in [0.1, 0.15) is 77.3 Å². The fourth-order valence-corrected chi connectivity index (χ4v) is 9.62. The Labute approximate surface area is 374 Å². The standard InChI is InChI=1S/C47H55FN7O8P/c1-10-25-46(48)40(63-64(61-27-14-26-49)55(31(4)5)32(6)7)38(62-44(46)54-29-50-39-41(54)51-45(53-43(39)57)52-42(56)30(2)3)28-60-47(33-15-12-11-13-16-33,34-17-21-36(58-8)22-18-34)35-19-23-37(59-9)24-20-35/h1,11-13,15-24,29-32,38,40,44H,14,25,27-28H2,2-9H3,(H2,51,52,53,56,57)/t38-,40-,44-,46-,64?/m1/s1. The van der Waals surface area contributed by atoms with E-state index in [-0.39, 0.29) is 48.8 Å². The van der Waals surface area contributed by atoms with E-state index in [0.717, 1.165) is 16.7 Å². The van der Waals surface area contributed by atoms with Gasteiger partial charge in [0.15, 0.2) is 23.1 Å². The van der Waals surface area contributed by atoms with Crippen molar-refractivity contribution in [3.05, 3.63) is 112 Å². The van der Waals surface area contributed by atoms with Gasteiger partial charge in [-0.15, -0.1) is 12.3 Å². The first-order valence-electron chi connectivity index (χ1n) is 21.0. The number of carbonyl (C=O) groups is 1. The van der Waals surface area contributed by atoms with Crippen molar-refractivity contribution in [3.8, 4) is 29.9 Å². The molecule has 1 saturated heterocycles. The summed E-state index contributed by atoms with van der Waals surface area (Å²) in [6.45, 7) is 11.0. The Morgan fingerprint density at radius 3 is 2.12 bits per heavy atom. The van der Waals surface area contributed by atoms with Crippen LogP contribution in [0.5, 0.6) is 11.5 Å². The minimum Gasteiger partial charge on any atom is -0.497 e. The van der Waals surface area contributed by atoms with Gasteiger partial charge in [-0.25, -0.2) is 14.0 Å². The van der Waals surface area contributed by atoms with Crippen LogP contribution in [0.15, 0.2) is 90.0 Å². The fraction of sp³-hybridized carbons (Fsp3) is 0.426. The number of alkyl halides is 1.